The third kappa shape index (κ3) is 4.19. The summed E-state index contributed by atoms with van der Waals surface area (Å²) >= 11 is 0. The fraction of sp³-hybridized carbons (Fsp3) is 0.280. The maximum atomic E-state index is 12.6. The Morgan fingerprint density at radius 1 is 1.09 bits per heavy atom. The van der Waals surface area contributed by atoms with E-state index in [0.717, 1.165) is 10.9 Å². The van der Waals surface area contributed by atoms with Crippen LogP contribution in [0, 0.1) is 5.41 Å². The minimum atomic E-state index is -0.885. The smallest absolute Gasteiger partial charge is 0.313 e. The molecule has 2 heterocycles. The fourth-order valence-electron chi connectivity index (χ4n) is 3.78. The molecule has 0 fully saturated rings. The topological polar surface area (TPSA) is 86.1 Å². The number of nitrogens with zero attached hydrogens (tertiary/aromatic N) is 3. The lowest BCUT2D eigenvalue weighted by molar-refractivity contribution is -0.151. The third-order valence-electron chi connectivity index (χ3n) is 5.63. The minimum Gasteiger partial charge on any atom is -0.469 e. The van der Waals surface area contributed by atoms with E-state index in [-0.39, 0.29) is 18.1 Å². The highest BCUT2D eigenvalue weighted by atomic mass is 16.5. The van der Waals surface area contributed by atoms with Crippen molar-refractivity contribution < 1.29 is 9.53 Å². The van der Waals surface area contributed by atoms with Gasteiger partial charge >= 0.3 is 5.97 Å². The summed E-state index contributed by atoms with van der Waals surface area (Å²) in [6, 6.07) is 17.6. The molecule has 2 aromatic heterocycles. The maximum absolute atomic E-state index is 12.6. The van der Waals surface area contributed by atoms with Crippen LogP contribution in [0.15, 0.2) is 65.6 Å². The molecule has 0 aliphatic carbocycles. The third-order valence-corrected chi connectivity index (χ3v) is 5.63. The van der Waals surface area contributed by atoms with E-state index in [1.807, 2.05) is 19.1 Å². The second-order valence-electron chi connectivity index (χ2n) is 8.58. The summed E-state index contributed by atoms with van der Waals surface area (Å²) in [5.41, 5.74) is 0.452. The molecule has 0 aliphatic heterocycles. The van der Waals surface area contributed by atoms with Gasteiger partial charge in [-0.05, 0) is 49.2 Å². The van der Waals surface area contributed by atoms with Gasteiger partial charge in [-0.25, -0.2) is 4.98 Å². The Bertz CT molecular complexity index is 1360. The maximum Gasteiger partial charge on any atom is 0.313 e. The molecule has 7 heteroatoms. The number of aromatic nitrogens is 3. The van der Waals surface area contributed by atoms with Crippen LogP contribution in [-0.4, -0.2) is 27.6 Å². The number of rotatable bonds is 6. The average molecular weight is 431 g/mol. The summed E-state index contributed by atoms with van der Waals surface area (Å²) in [7, 11) is 1.34. The number of carbonyl (C=O) groups is 1. The molecule has 0 aliphatic rings. The lowest BCUT2D eigenvalue weighted by Gasteiger charge is -2.23. The first kappa shape index (κ1) is 21.5. The van der Waals surface area contributed by atoms with Gasteiger partial charge in [-0.2, -0.15) is 4.98 Å². The van der Waals surface area contributed by atoms with Crippen molar-refractivity contribution in [3.63, 3.8) is 0 Å². The van der Waals surface area contributed by atoms with Crippen LogP contribution in [0.2, 0.25) is 0 Å². The highest BCUT2D eigenvalue weighted by Gasteiger charge is 2.30. The molecule has 1 unspecified atom stereocenters. The van der Waals surface area contributed by atoms with Crippen LogP contribution in [0.3, 0.4) is 0 Å². The van der Waals surface area contributed by atoms with Gasteiger partial charge in [-0.3, -0.25) is 14.2 Å². The van der Waals surface area contributed by atoms with Crippen molar-refractivity contribution in [2.24, 2.45) is 5.41 Å². The molecule has 0 saturated carbocycles. The van der Waals surface area contributed by atoms with E-state index in [9.17, 15) is 9.59 Å². The monoisotopic (exact) mass is 430 g/mol. The number of methoxy groups -OCH3 is 1. The zero-order valence-corrected chi connectivity index (χ0v) is 18.6. The predicted octanol–water partition coefficient (Wildman–Crippen LogP) is 4.32. The Labute approximate surface area is 186 Å². The number of esters is 1. The first-order chi connectivity index (χ1) is 15.3. The fourth-order valence-corrected chi connectivity index (χ4v) is 3.78. The Balaban J connectivity index is 1.67. The van der Waals surface area contributed by atoms with E-state index in [0.29, 0.717) is 17.0 Å². The first-order valence-corrected chi connectivity index (χ1v) is 10.5. The van der Waals surface area contributed by atoms with Crippen molar-refractivity contribution in [1.82, 2.24) is 14.5 Å². The molecule has 0 saturated heterocycles. The van der Waals surface area contributed by atoms with E-state index in [1.165, 1.54) is 23.1 Å². The van der Waals surface area contributed by atoms with E-state index < -0.39 is 11.4 Å². The Kier molecular flexibility index (Phi) is 5.65. The van der Waals surface area contributed by atoms with Crippen LogP contribution >= 0.6 is 0 Å². The number of fused-ring (bicyclic) bond motifs is 2. The molecular formula is C25H26N4O3. The predicted molar refractivity (Wildman–Crippen MR) is 126 cm³/mol. The Morgan fingerprint density at radius 3 is 2.56 bits per heavy atom. The van der Waals surface area contributed by atoms with Crippen molar-refractivity contribution >= 4 is 33.7 Å². The summed E-state index contributed by atoms with van der Waals surface area (Å²) in [4.78, 5) is 33.8. The highest BCUT2D eigenvalue weighted by Crippen LogP contribution is 2.24. The van der Waals surface area contributed by atoms with E-state index in [4.69, 9.17) is 4.74 Å². The van der Waals surface area contributed by atoms with Crippen molar-refractivity contribution in [3.05, 3.63) is 76.7 Å². The lowest BCUT2D eigenvalue weighted by Crippen LogP contribution is -2.35. The zero-order valence-electron chi connectivity index (χ0n) is 18.6. The molecule has 0 amide bonds. The van der Waals surface area contributed by atoms with Gasteiger partial charge in [-0.15, -0.1) is 0 Å². The molecule has 1 N–H and O–H groups in total. The molecule has 1 atom stereocenters. The quantitative estimate of drug-likeness (QED) is 0.459. The van der Waals surface area contributed by atoms with E-state index in [1.54, 1.807) is 26.1 Å². The van der Waals surface area contributed by atoms with Crippen LogP contribution in [0.5, 0.6) is 0 Å². The van der Waals surface area contributed by atoms with Crippen molar-refractivity contribution in [1.29, 1.82) is 0 Å². The number of ether oxygens (including phenoxy) is 1. The SMILES string of the molecule is COC(=O)C(C)(C)Cn1c(=O)ccc2cnc(NC(C)c3ccc4ccccc4c3)nc21. The largest absolute Gasteiger partial charge is 0.469 e. The van der Waals surface area contributed by atoms with Gasteiger partial charge < -0.3 is 10.1 Å². The number of benzene rings is 2. The van der Waals surface area contributed by atoms with Crippen LogP contribution in [0.25, 0.3) is 21.8 Å². The Hall–Kier alpha value is -3.74. The van der Waals surface area contributed by atoms with Gasteiger partial charge in [0, 0.05) is 24.2 Å². The number of hydrogen-bond donors (Lipinski definition) is 1. The van der Waals surface area contributed by atoms with Crippen molar-refractivity contribution in [3.8, 4) is 0 Å². The van der Waals surface area contributed by atoms with Gasteiger partial charge in [0.15, 0.2) is 0 Å². The number of nitrogens with one attached hydrogen (secondary N) is 1. The van der Waals surface area contributed by atoms with Crippen molar-refractivity contribution in [2.45, 2.75) is 33.4 Å². The molecule has 0 bridgehead atoms. The lowest BCUT2D eigenvalue weighted by atomic mass is 9.93. The zero-order chi connectivity index (χ0) is 22.9. The van der Waals surface area contributed by atoms with Gasteiger partial charge in [0.1, 0.15) is 5.65 Å². The molecule has 32 heavy (non-hydrogen) atoms. The molecular weight excluding hydrogens is 404 g/mol. The minimum absolute atomic E-state index is 0.0487. The normalized spacial score (nSPS) is 12.6. The molecule has 4 aromatic rings. The number of carbonyl (C=O) groups excluding carboxylic acids is 1. The molecule has 7 nitrogen and oxygen atoms in total. The molecule has 164 valence electrons. The average Bonchev–Trinajstić information content (AvgIpc) is 2.80. The van der Waals surface area contributed by atoms with Gasteiger partial charge in [0.25, 0.3) is 5.56 Å². The van der Waals surface area contributed by atoms with Gasteiger partial charge in [-0.1, -0.05) is 36.4 Å². The number of pyridine rings is 1. The van der Waals surface area contributed by atoms with E-state index >= 15 is 0 Å². The molecule has 4 rings (SSSR count). The Morgan fingerprint density at radius 2 is 1.81 bits per heavy atom. The highest BCUT2D eigenvalue weighted by molar-refractivity contribution is 5.83. The van der Waals surface area contributed by atoms with Crippen molar-refractivity contribution in [2.75, 3.05) is 12.4 Å². The molecule has 0 radical (unpaired) electrons. The summed E-state index contributed by atoms with van der Waals surface area (Å²) in [6.07, 6.45) is 1.68. The summed E-state index contributed by atoms with van der Waals surface area (Å²) < 4.78 is 6.40. The van der Waals surface area contributed by atoms with E-state index in [2.05, 4.69) is 45.6 Å². The second-order valence-corrected chi connectivity index (χ2v) is 8.58. The van der Waals surface area contributed by atoms with Crippen LogP contribution in [0.1, 0.15) is 32.4 Å². The van der Waals surface area contributed by atoms with Gasteiger partial charge in [0.05, 0.1) is 18.6 Å². The molecule has 2 aromatic carbocycles. The standard InChI is InChI=1S/C25H26N4O3/c1-16(18-10-9-17-7-5-6-8-19(17)13-18)27-24-26-14-20-11-12-21(30)29(22(20)28-24)15-25(2,3)23(31)32-4/h5-14,16H,15H2,1-4H3,(H,26,27,28). The first-order valence-electron chi connectivity index (χ1n) is 10.5. The van der Waals surface area contributed by atoms with Crippen LogP contribution < -0.4 is 10.9 Å². The number of hydrogen-bond acceptors (Lipinski definition) is 6. The summed E-state index contributed by atoms with van der Waals surface area (Å²) in [5, 5.41) is 6.39. The number of anilines is 1. The summed E-state index contributed by atoms with van der Waals surface area (Å²) in [5.74, 6) is 0.0205. The van der Waals surface area contributed by atoms with Crippen LogP contribution in [0.4, 0.5) is 5.95 Å². The molecule has 0 spiro atoms. The summed E-state index contributed by atoms with van der Waals surface area (Å²) in [6.45, 7) is 5.67. The van der Waals surface area contributed by atoms with Crippen LogP contribution in [-0.2, 0) is 16.1 Å². The van der Waals surface area contributed by atoms with Gasteiger partial charge in [0.2, 0.25) is 5.95 Å². The second kappa shape index (κ2) is 8.42.